The molecule has 30 heavy (non-hydrogen) atoms. The minimum Gasteiger partial charge on any atom is -0.275 e. The van der Waals surface area contributed by atoms with Gasteiger partial charge in [0.25, 0.3) is 11.8 Å². The van der Waals surface area contributed by atoms with Crippen molar-refractivity contribution in [1.29, 1.82) is 0 Å². The third kappa shape index (κ3) is 7.10. The van der Waals surface area contributed by atoms with Gasteiger partial charge in [0.15, 0.2) is 0 Å². The van der Waals surface area contributed by atoms with Gasteiger partial charge in [-0.3, -0.25) is 14.5 Å². The zero-order chi connectivity index (χ0) is 21.2. The number of unbranched alkanes of at least 4 members (excludes halogenated alkanes) is 12. The second-order valence-electron chi connectivity index (χ2n) is 10.0. The summed E-state index contributed by atoms with van der Waals surface area (Å²) in [5.41, 5.74) is 0.577. The van der Waals surface area contributed by atoms with Gasteiger partial charge in [-0.15, -0.1) is 0 Å². The summed E-state index contributed by atoms with van der Waals surface area (Å²) in [6.45, 7) is 2.31. The number of fused-ring (bicyclic) bond motifs is 2. The van der Waals surface area contributed by atoms with Crippen LogP contribution in [-0.4, -0.2) is 23.3 Å². The highest BCUT2D eigenvalue weighted by Gasteiger charge is 2.34. The minimum absolute atomic E-state index is 0.0990. The van der Waals surface area contributed by atoms with E-state index in [-0.39, 0.29) is 11.8 Å². The molecule has 3 unspecified atom stereocenters. The van der Waals surface area contributed by atoms with Gasteiger partial charge >= 0.3 is 0 Å². The monoisotopic (exact) mass is 413 g/mol. The number of carbonyl (C=O) groups excluding carboxylic acids is 2. The van der Waals surface area contributed by atoms with E-state index in [2.05, 4.69) is 12.2 Å². The summed E-state index contributed by atoms with van der Waals surface area (Å²) >= 11 is 0. The maximum absolute atomic E-state index is 11.8. The lowest BCUT2D eigenvalue weighted by molar-refractivity contribution is -0.137. The molecule has 2 amide bonds. The van der Waals surface area contributed by atoms with Crippen LogP contribution in [0.3, 0.4) is 0 Å². The first-order valence-electron chi connectivity index (χ1n) is 12.9. The Labute approximate surface area is 184 Å². The Morgan fingerprint density at radius 2 is 1.33 bits per heavy atom. The van der Waals surface area contributed by atoms with Crippen LogP contribution in [0, 0.1) is 17.8 Å². The van der Waals surface area contributed by atoms with E-state index in [9.17, 15) is 9.59 Å². The number of allylic oxidation sites excluding steroid dienone is 2. The lowest BCUT2D eigenvalue weighted by Gasteiger charge is -2.17. The Hall–Kier alpha value is -1.38. The standard InChI is InChI=1S/C27H43NO2/c1-22-19-26(29)28(27(22)30)18-14-12-10-8-6-4-2-3-5-7-9-11-13-15-24-20-23-16-17-25(24)21-23/h16-17,19,23-25H,2-15,18,20-21H2,1H3. The number of nitrogens with zero attached hydrogens (tertiary/aromatic N) is 1. The van der Waals surface area contributed by atoms with E-state index in [4.69, 9.17) is 0 Å². The van der Waals surface area contributed by atoms with Crippen molar-refractivity contribution in [3.63, 3.8) is 0 Å². The van der Waals surface area contributed by atoms with Crippen molar-refractivity contribution in [2.75, 3.05) is 6.54 Å². The van der Waals surface area contributed by atoms with Crippen LogP contribution in [0.2, 0.25) is 0 Å². The van der Waals surface area contributed by atoms with Crippen LogP contribution in [0.1, 0.15) is 110 Å². The van der Waals surface area contributed by atoms with E-state index < -0.39 is 0 Å². The first kappa shape index (κ1) is 23.3. The summed E-state index contributed by atoms with van der Waals surface area (Å²) in [5.74, 6) is 2.67. The molecule has 0 radical (unpaired) electrons. The minimum atomic E-state index is -0.129. The second-order valence-corrected chi connectivity index (χ2v) is 10.0. The van der Waals surface area contributed by atoms with Gasteiger partial charge in [0, 0.05) is 18.2 Å². The summed E-state index contributed by atoms with van der Waals surface area (Å²) in [6.07, 6.45) is 28.1. The molecule has 0 N–H and O–H groups in total. The van der Waals surface area contributed by atoms with Gasteiger partial charge in [-0.05, 0) is 50.4 Å². The molecule has 0 spiro atoms. The molecule has 1 fully saturated rings. The number of amides is 2. The van der Waals surface area contributed by atoms with E-state index in [0.717, 1.165) is 30.6 Å². The lowest BCUT2D eigenvalue weighted by Crippen LogP contribution is -2.31. The van der Waals surface area contributed by atoms with Crippen molar-refractivity contribution in [3.8, 4) is 0 Å². The fraction of sp³-hybridized carbons (Fsp3) is 0.778. The van der Waals surface area contributed by atoms with Crippen molar-refractivity contribution in [2.45, 2.75) is 110 Å². The first-order chi connectivity index (χ1) is 14.6. The van der Waals surface area contributed by atoms with Crippen LogP contribution in [-0.2, 0) is 9.59 Å². The summed E-state index contributed by atoms with van der Waals surface area (Å²) in [7, 11) is 0. The van der Waals surface area contributed by atoms with E-state index in [1.165, 1.54) is 101 Å². The highest BCUT2D eigenvalue weighted by atomic mass is 16.2. The number of carbonyl (C=O) groups is 2. The number of hydrogen-bond donors (Lipinski definition) is 0. The molecule has 3 atom stereocenters. The van der Waals surface area contributed by atoms with Gasteiger partial charge in [-0.1, -0.05) is 89.2 Å². The predicted molar refractivity (Wildman–Crippen MR) is 124 cm³/mol. The SMILES string of the molecule is CC1=CC(=O)N(CCCCCCCCCCCCCCCC2CC3C=CC2C3)C1=O. The Morgan fingerprint density at radius 3 is 1.80 bits per heavy atom. The predicted octanol–water partition coefficient (Wildman–Crippen LogP) is 6.98. The topological polar surface area (TPSA) is 37.4 Å². The van der Waals surface area contributed by atoms with Crippen LogP contribution >= 0.6 is 0 Å². The van der Waals surface area contributed by atoms with E-state index in [1.54, 1.807) is 6.92 Å². The average molecular weight is 414 g/mol. The summed E-state index contributed by atoms with van der Waals surface area (Å²) < 4.78 is 0. The van der Waals surface area contributed by atoms with E-state index in [1.807, 2.05) is 0 Å². The molecule has 3 aliphatic rings. The highest BCUT2D eigenvalue weighted by molar-refractivity contribution is 6.15. The maximum Gasteiger partial charge on any atom is 0.256 e. The van der Waals surface area contributed by atoms with Crippen LogP contribution in [0.25, 0.3) is 0 Å². The Balaban J connectivity index is 1.02. The molecule has 3 heteroatoms. The molecule has 0 aromatic carbocycles. The number of rotatable bonds is 16. The molecule has 2 aliphatic carbocycles. The molecule has 0 aromatic rings. The molecule has 0 aromatic heterocycles. The fourth-order valence-corrected chi connectivity index (χ4v) is 5.70. The van der Waals surface area contributed by atoms with Gasteiger partial charge in [0.2, 0.25) is 0 Å². The van der Waals surface area contributed by atoms with Gasteiger partial charge in [0.1, 0.15) is 0 Å². The third-order valence-corrected chi connectivity index (χ3v) is 7.56. The van der Waals surface area contributed by atoms with Crippen molar-refractivity contribution < 1.29 is 9.59 Å². The summed E-state index contributed by atoms with van der Waals surface area (Å²) in [4.78, 5) is 24.9. The van der Waals surface area contributed by atoms with Crippen molar-refractivity contribution in [1.82, 2.24) is 4.90 Å². The fourth-order valence-electron chi connectivity index (χ4n) is 5.70. The zero-order valence-corrected chi connectivity index (χ0v) is 19.2. The van der Waals surface area contributed by atoms with E-state index >= 15 is 0 Å². The highest BCUT2D eigenvalue weighted by Crippen LogP contribution is 2.45. The molecule has 3 nitrogen and oxygen atoms in total. The van der Waals surface area contributed by atoms with Crippen LogP contribution < -0.4 is 0 Å². The zero-order valence-electron chi connectivity index (χ0n) is 19.2. The molecule has 1 aliphatic heterocycles. The average Bonchev–Trinajstić information content (AvgIpc) is 3.41. The molecule has 0 saturated heterocycles. The van der Waals surface area contributed by atoms with Crippen molar-refractivity contribution in [2.24, 2.45) is 17.8 Å². The second kappa shape index (κ2) is 12.5. The van der Waals surface area contributed by atoms with E-state index in [0.29, 0.717) is 12.1 Å². The maximum atomic E-state index is 11.8. The summed E-state index contributed by atoms with van der Waals surface area (Å²) in [5, 5.41) is 0. The number of imide groups is 1. The molecule has 168 valence electrons. The normalized spacial score (nSPS) is 25.0. The Morgan fingerprint density at radius 1 is 0.767 bits per heavy atom. The summed E-state index contributed by atoms with van der Waals surface area (Å²) in [6, 6.07) is 0. The van der Waals surface area contributed by atoms with Crippen LogP contribution in [0.4, 0.5) is 0 Å². The largest absolute Gasteiger partial charge is 0.275 e. The van der Waals surface area contributed by atoms with Crippen LogP contribution in [0.15, 0.2) is 23.8 Å². The quantitative estimate of drug-likeness (QED) is 0.156. The molecular formula is C27H43NO2. The molecule has 1 saturated carbocycles. The number of hydrogen-bond acceptors (Lipinski definition) is 2. The van der Waals surface area contributed by atoms with Gasteiger partial charge in [-0.25, -0.2) is 0 Å². The first-order valence-corrected chi connectivity index (χ1v) is 12.9. The van der Waals surface area contributed by atoms with Gasteiger partial charge in [-0.2, -0.15) is 0 Å². The van der Waals surface area contributed by atoms with Crippen molar-refractivity contribution in [3.05, 3.63) is 23.8 Å². The molecule has 1 heterocycles. The Kier molecular flexibility index (Phi) is 9.68. The van der Waals surface area contributed by atoms with Gasteiger partial charge in [0.05, 0.1) is 0 Å². The van der Waals surface area contributed by atoms with Crippen LogP contribution in [0.5, 0.6) is 0 Å². The molecule has 2 bridgehead atoms. The smallest absolute Gasteiger partial charge is 0.256 e. The van der Waals surface area contributed by atoms with Crippen molar-refractivity contribution >= 4 is 11.8 Å². The Bertz CT molecular complexity index is 620. The van der Waals surface area contributed by atoms with Gasteiger partial charge < -0.3 is 0 Å². The molecule has 3 rings (SSSR count). The third-order valence-electron chi connectivity index (χ3n) is 7.56. The molecular weight excluding hydrogens is 370 g/mol. The lowest BCUT2D eigenvalue weighted by atomic mass is 9.88.